The lowest BCUT2D eigenvalue weighted by Crippen LogP contribution is -2.68. The summed E-state index contributed by atoms with van der Waals surface area (Å²) in [5, 5.41) is 188. The van der Waals surface area contributed by atoms with Gasteiger partial charge in [0, 0.05) is 19.3 Å². The Balaban J connectivity index is 1.37. The molecule has 22 N–H and O–H groups in total. The number of aliphatic hydroxyl groups excluding tert-OH is 15. The van der Waals surface area contributed by atoms with E-state index >= 15 is 0 Å². The van der Waals surface area contributed by atoms with Crippen molar-refractivity contribution >= 4 is 17.9 Å². The van der Waals surface area contributed by atoms with Crippen molar-refractivity contribution in [3.8, 4) is 0 Å². The summed E-state index contributed by atoms with van der Waals surface area (Å²) in [5.74, 6) is -15.8. The van der Waals surface area contributed by atoms with Crippen molar-refractivity contribution in [1.29, 1.82) is 0 Å². The van der Waals surface area contributed by atoms with Crippen molar-refractivity contribution in [2.24, 2.45) is 11.5 Å². The molecular weight excluding hydrogens is 940 g/mol. The highest BCUT2D eigenvalue weighted by molar-refractivity contribution is 5.77. The fourth-order valence-corrected chi connectivity index (χ4v) is 8.24. The van der Waals surface area contributed by atoms with Gasteiger partial charge < -0.3 is 146 Å². The van der Waals surface area contributed by atoms with E-state index in [-0.39, 0.29) is 0 Å². The lowest BCUT2D eigenvalue weighted by Gasteiger charge is -2.50. The highest BCUT2D eigenvalue weighted by Gasteiger charge is 2.62. The largest absolute Gasteiger partial charge is 0.477 e. The van der Waals surface area contributed by atoms with Gasteiger partial charge in [-0.2, -0.15) is 0 Å². The molecule has 5 aliphatic rings. The molecular formula is C36H60N2O30. The second-order valence-electron chi connectivity index (χ2n) is 17.0. The summed E-state index contributed by atoms with van der Waals surface area (Å²) in [6, 6.07) is -2.97. The van der Waals surface area contributed by atoms with Crippen LogP contribution in [0.5, 0.6) is 0 Å². The molecule has 394 valence electrons. The number of carbonyl (C=O) groups is 3. The number of carboxylic acids is 3. The van der Waals surface area contributed by atoms with E-state index in [2.05, 4.69) is 0 Å². The fraction of sp³-hybridized carbons (Fsp3) is 0.917. The summed E-state index contributed by atoms with van der Waals surface area (Å²) in [5.41, 5.74) is 11.5. The van der Waals surface area contributed by atoms with Gasteiger partial charge in [0.1, 0.15) is 91.6 Å². The Hall–Kier alpha value is -2.63. The molecule has 32 heteroatoms. The molecule has 0 spiro atoms. The van der Waals surface area contributed by atoms with Crippen LogP contribution in [0.15, 0.2) is 0 Å². The molecule has 0 bridgehead atoms. The molecule has 0 aliphatic carbocycles. The summed E-state index contributed by atoms with van der Waals surface area (Å²) < 4.78 is 48.9. The average molecular weight is 1000 g/mol. The minimum absolute atomic E-state index is 0.690. The number of carboxylic acid groups (broad SMARTS) is 3. The maximum atomic E-state index is 13.0. The third-order valence-electron chi connectivity index (χ3n) is 12.3. The van der Waals surface area contributed by atoms with Crippen LogP contribution in [-0.2, 0) is 57.0 Å². The summed E-state index contributed by atoms with van der Waals surface area (Å²) >= 11 is 0. The summed E-state index contributed by atoms with van der Waals surface area (Å²) in [6.07, 6.45) is -43.9. The van der Waals surface area contributed by atoms with Gasteiger partial charge in [-0.3, -0.25) is 0 Å². The summed E-state index contributed by atoms with van der Waals surface area (Å²) in [6.45, 7) is -5.48. The Morgan fingerprint density at radius 1 is 0.544 bits per heavy atom. The number of hydrogen-bond acceptors (Lipinski definition) is 29. The normalized spacial score (nSPS) is 47.2. The van der Waals surface area contributed by atoms with Crippen LogP contribution in [0.25, 0.3) is 0 Å². The lowest BCUT2D eigenvalue weighted by molar-refractivity contribution is -0.380. The predicted octanol–water partition coefficient (Wildman–Crippen LogP) is -12.5. The first kappa shape index (κ1) is 56.3. The van der Waals surface area contributed by atoms with Gasteiger partial charge in [0.05, 0.1) is 63.4 Å². The molecule has 0 amide bonds. The number of aliphatic carboxylic acids is 3. The smallest absolute Gasteiger partial charge is 0.364 e. The first-order valence-electron chi connectivity index (χ1n) is 20.9. The van der Waals surface area contributed by atoms with Crippen LogP contribution in [0.1, 0.15) is 19.3 Å². The number of ether oxygens (including phenoxy) is 9. The van der Waals surface area contributed by atoms with E-state index in [4.69, 9.17) is 54.1 Å². The molecule has 5 saturated heterocycles. The van der Waals surface area contributed by atoms with Crippen LogP contribution in [0.3, 0.4) is 0 Å². The van der Waals surface area contributed by atoms with Gasteiger partial charge >= 0.3 is 17.9 Å². The van der Waals surface area contributed by atoms with E-state index in [0.29, 0.717) is 0 Å². The quantitative estimate of drug-likeness (QED) is 0.0571. The van der Waals surface area contributed by atoms with Crippen molar-refractivity contribution in [3.05, 3.63) is 0 Å². The number of rotatable bonds is 19. The molecule has 0 aromatic heterocycles. The van der Waals surface area contributed by atoms with E-state index in [1.165, 1.54) is 0 Å². The van der Waals surface area contributed by atoms with E-state index < -0.39 is 222 Å². The predicted molar refractivity (Wildman–Crippen MR) is 204 cm³/mol. The van der Waals surface area contributed by atoms with Crippen molar-refractivity contribution in [1.82, 2.24) is 0 Å². The van der Waals surface area contributed by atoms with Crippen LogP contribution >= 0.6 is 0 Å². The molecule has 5 aliphatic heterocycles. The number of aliphatic hydroxyl groups is 15. The van der Waals surface area contributed by atoms with Crippen LogP contribution in [0, 0.1) is 0 Å². The first-order valence-corrected chi connectivity index (χ1v) is 20.9. The van der Waals surface area contributed by atoms with Crippen molar-refractivity contribution < 1.29 is 149 Å². The van der Waals surface area contributed by atoms with Crippen molar-refractivity contribution in [2.75, 3.05) is 33.0 Å². The molecule has 5 rings (SSSR count). The minimum Gasteiger partial charge on any atom is -0.477 e. The number of hydrogen-bond donors (Lipinski definition) is 20. The second-order valence-corrected chi connectivity index (χ2v) is 17.0. The second kappa shape index (κ2) is 22.4. The molecule has 0 saturated carbocycles. The fourth-order valence-electron chi connectivity index (χ4n) is 8.24. The van der Waals surface area contributed by atoms with Crippen LogP contribution in [-0.4, -0.2) is 295 Å². The summed E-state index contributed by atoms with van der Waals surface area (Å²) in [4.78, 5) is 38.4. The Morgan fingerprint density at radius 2 is 0.985 bits per heavy atom. The van der Waals surface area contributed by atoms with Crippen LogP contribution in [0.4, 0.5) is 0 Å². The Morgan fingerprint density at radius 3 is 1.50 bits per heavy atom. The average Bonchev–Trinajstić information content (AvgIpc) is 3.29. The highest BCUT2D eigenvalue weighted by atomic mass is 16.8. The van der Waals surface area contributed by atoms with Gasteiger partial charge in [-0.15, -0.1) is 0 Å². The first-order chi connectivity index (χ1) is 31.7. The maximum Gasteiger partial charge on any atom is 0.364 e. The molecule has 5 heterocycles. The van der Waals surface area contributed by atoms with E-state index in [0.717, 1.165) is 0 Å². The summed E-state index contributed by atoms with van der Waals surface area (Å²) in [7, 11) is 0. The Labute approximate surface area is 382 Å². The molecule has 0 aromatic carbocycles. The van der Waals surface area contributed by atoms with E-state index in [9.17, 15) is 106 Å². The maximum absolute atomic E-state index is 13.0. The van der Waals surface area contributed by atoms with Gasteiger partial charge in [-0.1, -0.05) is 0 Å². The Bertz CT molecular complexity index is 1710. The van der Waals surface area contributed by atoms with Crippen molar-refractivity contribution in [3.63, 3.8) is 0 Å². The zero-order valence-corrected chi connectivity index (χ0v) is 35.5. The topological polar surface area (TPSA) is 550 Å². The van der Waals surface area contributed by atoms with Crippen molar-refractivity contribution in [2.45, 2.75) is 171 Å². The van der Waals surface area contributed by atoms with E-state index in [1.807, 2.05) is 0 Å². The lowest BCUT2D eigenvalue weighted by atomic mass is 9.89. The molecule has 25 atom stereocenters. The third-order valence-corrected chi connectivity index (χ3v) is 12.3. The zero-order valence-electron chi connectivity index (χ0n) is 35.5. The standard InChI is InChI=1S/C36H60N2O30/c37-17-24(51)21(48)15(63-29(17)53)7-60-30-18(38)25(52)22(49)16(64-30)8-62-35(32(56)57)3-14(23(50)27(67-35)12(44)5-40)65-36(33(58)59)2-10(42)20(47)28(68-36)13(45)6-61-34(31(54)55)1-9(41)19(46)26(66-34)11(43)4-39/h9-30,39-53H,1-8,37-38H2,(H,54,55)(H,56,57)(H,58,59)/t9-,10-,11-,12-,13-,14-,15-,16-,17-,18-,19-,20-,21-,22-,23-,24-,25-,26-,27-,28-,29?,30-,34-,35-,36-/m1/s1. The zero-order chi connectivity index (χ0) is 51.0. The SMILES string of the molecule is N[C@H]1[C@H](OC[C@H]2OC(O)[C@H](N)[C@@H](O)[C@@H]2O)O[C@H](CO[C@]2(C(=O)O)C[C@@H](O[C@]3(C(=O)O)C[C@@H](O)[C@@H](O)[C@@H]([C@H](O)CO[C@]4(C(=O)O)C[C@@H](O)[C@@H](O)[C@@H]([C@H](O)CO)O4)O3)[C@@H](O)[C@@H]([C@H](O)CO)O2)[C@@H](O)[C@@H]1O. The van der Waals surface area contributed by atoms with Gasteiger partial charge in [-0.05, 0) is 0 Å². The van der Waals surface area contributed by atoms with E-state index in [1.54, 1.807) is 0 Å². The number of nitrogens with two attached hydrogens (primary N) is 2. The monoisotopic (exact) mass is 1000 g/mol. The third kappa shape index (κ3) is 11.4. The van der Waals surface area contributed by atoms with Gasteiger partial charge in [-0.25, -0.2) is 14.4 Å². The Kier molecular flexibility index (Phi) is 18.6. The molecule has 1 unspecified atom stereocenters. The minimum atomic E-state index is -3.32. The molecule has 0 radical (unpaired) electrons. The highest BCUT2D eigenvalue weighted by Crippen LogP contribution is 2.41. The van der Waals surface area contributed by atoms with Crippen LogP contribution in [0.2, 0.25) is 0 Å². The van der Waals surface area contributed by atoms with Gasteiger partial charge in [0.2, 0.25) is 0 Å². The van der Waals surface area contributed by atoms with Gasteiger partial charge in [0.15, 0.2) is 12.6 Å². The molecule has 0 aromatic rings. The van der Waals surface area contributed by atoms with Gasteiger partial charge in [0.25, 0.3) is 17.4 Å². The molecule has 68 heavy (non-hydrogen) atoms. The molecule has 32 nitrogen and oxygen atoms in total. The van der Waals surface area contributed by atoms with Crippen LogP contribution < -0.4 is 11.5 Å². The molecule has 5 fully saturated rings.